The number of fused-ring (bicyclic) bond motifs is 1. The lowest BCUT2D eigenvalue weighted by Gasteiger charge is -2.47. The summed E-state index contributed by atoms with van der Waals surface area (Å²) in [6.07, 6.45) is 7.64. The van der Waals surface area contributed by atoms with Crippen molar-refractivity contribution in [2.45, 2.75) is 39.5 Å². The van der Waals surface area contributed by atoms with Crippen molar-refractivity contribution in [2.24, 2.45) is 5.41 Å². The Balaban J connectivity index is 1.19. The topological polar surface area (TPSA) is 109 Å². The lowest BCUT2D eigenvalue weighted by Crippen LogP contribution is -2.47. The van der Waals surface area contributed by atoms with Crippen molar-refractivity contribution in [3.8, 4) is 0 Å². The molecule has 0 radical (unpaired) electrons. The van der Waals surface area contributed by atoms with Gasteiger partial charge in [-0.1, -0.05) is 19.1 Å². The van der Waals surface area contributed by atoms with Gasteiger partial charge in [-0.05, 0) is 94.1 Å². The van der Waals surface area contributed by atoms with Crippen molar-refractivity contribution < 1.29 is 12.8 Å². The molecule has 0 amide bonds. The van der Waals surface area contributed by atoms with Crippen LogP contribution in [0.4, 0.5) is 38.9 Å². The molecule has 0 atom stereocenters. The Labute approximate surface area is 258 Å². The molecule has 4 aromatic rings. The third kappa shape index (κ3) is 6.18. The van der Waals surface area contributed by atoms with E-state index in [0.717, 1.165) is 37.9 Å². The fourth-order valence-electron chi connectivity index (χ4n) is 6.64. The van der Waals surface area contributed by atoms with Gasteiger partial charge < -0.3 is 25.4 Å². The van der Waals surface area contributed by atoms with Crippen LogP contribution in [0, 0.1) is 11.2 Å². The van der Waals surface area contributed by atoms with E-state index in [1.807, 2.05) is 30.3 Å². The maximum absolute atomic E-state index is 15.5. The van der Waals surface area contributed by atoms with Gasteiger partial charge in [0, 0.05) is 31.5 Å². The number of anilines is 6. The molecule has 234 valence electrons. The van der Waals surface area contributed by atoms with Crippen LogP contribution in [-0.2, 0) is 10.0 Å². The molecule has 0 unspecified atom stereocenters. The number of aromatic amines is 1. The van der Waals surface area contributed by atoms with Crippen LogP contribution in [-0.4, -0.2) is 73.8 Å². The highest BCUT2D eigenvalue weighted by Crippen LogP contribution is 2.42. The molecule has 10 nitrogen and oxygen atoms in total. The number of nitrogens with zero attached hydrogens (tertiary/aromatic N) is 5. The third-order valence-electron chi connectivity index (χ3n) is 9.26. The molecule has 0 aliphatic carbocycles. The van der Waals surface area contributed by atoms with E-state index in [1.165, 1.54) is 42.6 Å². The number of benzene rings is 2. The SMILES string of the molecule is CCN1CCC2(CC1)CCN(c1ccc(Nc3nc(Nc4ccccc4N(CC)S(C)(=O)=O)c4cc[nH]c4n3)cc1F)CC2. The Kier molecular flexibility index (Phi) is 8.38. The zero-order chi connectivity index (χ0) is 30.9. The molecule has 44 heavy (non-hydrogen) atoms. The second-order valence-corrected chi connectivity index (χ2v) is 13.8. The number of aromatic nitrogens is 3. The molecule has 2 aliphatic rings. The lowest BCUT2D eigenvalue weighted by atomic mass is 9.71. The molecule has 6 rings (SSSR count). The summed E-state index contributed by atoms with van der Waals surface area (Å²) < 4.78 is 41.8. The summed E-state index contributed by atoms with van der Waals surface area (Å²) in [4.78, 5) is 17.1. The molecule has 2 fully saturated rings. The van der Waals surface area contributed by atoms with Gasteiger partial charge >= 0.3 is 0 Å². The predicted octanol–water partition coefficient (Wildman–Crippen LogP) is 6.07. The zero-order valence-corrected chi connectivity index (χ0v) is 26.4. The van der Waals surface area contributed by atoms with Crippen molar-refractivity contribution in [1.82, 2.24) is 19.9 Å². The maximum Gasteiger partial charge on any atom is 0.232 e. The number of sulfonamides is 1. The third-order valence-corrected chi connectivity index (χ3v) is 10.5. The van der Waals surface area contributed by atoms with Gasteiger partial charge in [-0.15, -0.1) is 0 Å². The number of para-hydroxylation sites is 2. The van der Waals surface area contributed by atoms with E-state index >= 15 is 4.39 Å². The van der Waals surface area contributed by atoms with E-state index in [9.17, 15) is 8.42 Å². The molecular weight excluding hydrogens is 579 g/mol. The quantitative estimate of drug-likeness (QED) is 0.207. The Morgan fingerprint density at radius 1 is 0.977 bits per heavy atom. The molecule has 3 N–H and O–H groups in total. The highest BCUT2D eigenvalue weighted by molar-refractivity contribution is 7.92. The summed E-state index contributed by atoms with van der Waals surface area (Å²) in [7, 11) is -3.49. The standard InChI is InChI=1S/C32H41FN8O2S/c1-4-39-18-13-32(14-19-39)15-20-40(21-16-32)27-11-10-23(22-25(27)33)35-31-37-29-24(12-17-34-29)30(38-31)36-26-8-6-7-9-28(26)41(5-2)44(3,42)43/h6-12,17,22H,4-5,13-16,18-21H2,1-3H3,(H3,34,35,36,37,38). The molecule has 2 saturated heterocycles. The molecule has 4 heterocycles. The van der Waals surface area contributed by atoms with Crippen LogP contribution in [0.25, 0.3) is 11.0 Å². The van der Waals surface area contributed by atoms with Gasteiger partial charge in [0.25, 0.3) is 0 Å². The van der Waals surface area contributed by atoms with Gasteiger partial charge in [0.15, 0.2) is 0 Å². The molecule has 1 spiro atoms. The van der Waals surface area contributed by atoms with E-state index in [4.69, 9.17) is 4.98 Å². The van der Waals surface area contributed by atoms with E-state index < -0.39 is 10.0 Å². The fourth-order valence-corrected chi connectivity index (χ4v) is 7.62. The summed E-state index contributed by atoms with van der Waals surface area (Å²) in [5.74, 6) is 0.487. The van der Waals surface area contributed by atoms with Crippen LogP contribution in [0.1, 0.15) is 39.5 Å². The van der Waals surface area contributed by atoms with Gasteiger partial charge in [0.1, 0.15) is 17.3 Å². The number of H-pyrrole nitrogens is 1. The minimum absolute atomic E-state index is 0.277. The van der Waals surface area contributed by atoms with Crippen LogP contribution in [0.3, 0.4) is 0 Å². The number of nitrogens with one attached hydrogen (secondary N) is 3. The average molecular weight is 621 g/mol. The number of hydrogen-bond acceptors (Lipinski definition) is 8. The lowest BCUT2D eigenvalue weighted by molar-refractivity contribution is 0.0830. The van der Waals surface area contributed by atoms with Gasteiger partial charge in [0.05, 0.1) is 28.7 Å². The molecular formula is C32H41FN8O2S. The van der Waals surface area contributed by atoms with E-state index in [0.29, 0.717) is 39.6 Å². The first-order valence-corrected chi connectivity index (χ1v) is 17.3. The van der Waals surface area contributed by atoms with Gasteiger partial charge in [-0.3, -0.25) is 4.31 Å². The Bertz CT molecular complexity index is 1730. The van der Waals surface area contributed by atoms with Gasteiger partial charge in [0.2, 0.25) is 16.0 Å². The summed E-state index contributed by atoms with van der Waals surface area (Å²) in [6, 6.07) is 14.2. The van der Waals surface area contributed by atoms with Crippen molar-refractivity contribution in [2.75, 3.05) is 65.4 Å². The van der Waals surface area contributed by atoms with Gasteiger partial charge in [-0.25, -0.2) is 12.8 Å². The minimum Gasteiger partial charge on any atom is -0.369 e. The molecule has 0 bridgehead atoms. The van der Waals surface area contributed by atoms with Crippen molar-refractivity contribution >= 4 is 55.6 Å². The van der Waals surface area contributed by atoms with Crippen LogP contribution in [0.5, 0.6) is 0 Å². The van der Waals surface area contributed by atoms with Crippen molar-refractivity contribution in [1.29, 1.82) is 0 Å². The fraction of sp³-hybridized carbons (Fsp3) is 0.438. The van der Waals surface area contributed by atoms with Crippen LogP contribution in [0.2, 0.25) is 0 Å². The molecule has 2 aliphatic heterocycles. The second kappa shape index (κ2) is 12.2. The van der Waals surface area contributed by atoms with Gasteiger partial charge in [-0.2, -0.15) is 9.97 Å². The Morgan fingerprint density at radius 3 is 2.39 bits per heavy atom. The highest BCUT2D eigenvalue weighted by atomic mass is 32.2. The summed E-state index contributed by atoms with van der Waals surface area (Å²) in [5, 5.41) is 7.20. The largest absolute Gasteiger partial charge is 0.369 e. The monoisotopic (exact) mass is 620 g/mol. The molecule has 2 aromatic heterocycles. The van der Waals surface area contributed by atoms with E-state index in [2.05, 4.69) is 37.3 Å². The number of likely N-dealkylation sites (tertiary alicyclic amines) is 1. The van der Waals surface area contributed by atoms with Crippen molar-refractivity contribution in [3.63, 3.8) is 0 Å². The molecule has 12 heteroatoms. The molecule has 2 aromatic carbocycles. The first-order valence-electron chi connectivity index (χ1n) is 15.4. The highest BCUT2D eigenvalue weighted by Gasteiger charge is 2.37. The molecule has 0 saturated carbocycles. The van der Waals surface area contributed by atoms with Crippen LogP contribution in [0.15, 0.2) is 54.7 Å². The van der Waals surface area contributed by atoms with E-state index in [-0.39, 0.29) is 18.3 Å². The Morgan fingerprint density at radius 2 is 1.70 bits per heavy atom. The smallest absolute Gasteiger partial charge is 0.232 e. The first-order chi connectivity index (χ1) is 21.2. The van der Waals surface area contributed by atoms with Crippen molar-refractivity contribution in [3.05, 3.63) is 60.5 Å². The summed E-state index contributed by atoms with van der Waals surface area (Å²) in [6.45, 7) is 9.50. The first kappa shape index (κ1) is 30.1. The summed E-state index contributed by atoms with van der Waals surface area (Å²) >= 11 is 0. The number of rotatable bonds is 9. The summed E-state index contributed by atoms with van der Waals surface area (Å²) in [5.41, 5.74) is 3.26. The number of hydrogen-bond donors (Lipinski definition) is 3. The van der Waals surface area contributed by atoms with E-state index in [1.54, 1.807) is 25.3 Å². The average Bonchev–Trinajstić information content (AvgIpc) is 3.48. The predicted molar refractivity (Wildman–Crippen MR) is 176 cm³/mol. The minimum atomic E-state index is -3.49. The normalized spacial score (nSPS) is 17.2. The zero-order valence-electron chi connectivity index (χ0n) is 25.6. The van der Waals surface area contributed by atoms with Crippen LogP contribution >= 0.6 is 0 Å². The number of halogens is 1. The number of piperidine rings is 2. The second-order valence-electron chi connectivity index (χ2n) is 11.9. The van der Waals surface area contributed by atoms with Crippen LogP contribution < -0.4 is 19.8 Å². The maximum atomic E-state index is 15.5. The Hall–Kier alpha value is -3.90.